The molecule has 34 heavy (non-hydrogen) atoms. The average molecular weight is 453 g/mol. The highest BCUT2D eigenvalue weighted by molar-refractivity contribution is 6.05. The first-order chi connectivity index (χ1) is 16.6. The number of hydrogen-bond acceptors (Lipinski definition) is 5. The molecule has 2 aliphatic rings. The number of imidazole rings is 1. The van der Waals surface area contributed by atoms with E-state index in [1.165, 1.54) is 32.1 Å². The molecule has 1 N–H and O–H groups in total. The number of nitrogens with one attached hydrogen (secondary N) is 1. The number of carbonyl (C=O) groups excluding carboxylic acids is 1. The van der Waals surface area contributed by atoms with Crippen molar-refractivity contribution in [3.8, 4) is 11.3 Å². The van der Waals surface area contributed by atoms with Crippen molar-refractivity contribution in [2.24, 2.45) is 12.5 Å². The summed E-state index contributed by atoms with van der Waals surface area (Å²) in [6.07, 6.45) is 13.7. The number of nitrogens with zero attached hydrogens (tertiary/aromatic N) is 5. The molecule has 7 nitrogen and oxygen atoms in total. The molecule has 2 fully saturated rings. The highest BCUT2D eigenvalue weighted by atomic mass is 16.1. The molecular formula is C27H28N6O. The van der Waals surface area contributed by atoms with Gasteiger partial charge < -0.3 is 14.8 Å². The summed E-state index contributed by atoms with van der Waals surface area (Å²) in [4.78, 5) is 28.6. The van der Waals surface area contributed by atoms with E-state index in [1.54, 1.807) is 24.8 Å². The zero-order valence-electron chi connectivity index (χ0n) is 19.4. The summed E-state index contributed by atoms with van der Waals surface area (Å²) in [5, 5.41) is 4.99. The van der Waals surface area contributed by atoms with E-state index in [9.17, 15) is 4.79 Å². The summed E-state index contributed by atoms with van der Waals surface area (Å²) in [6.45, 7) is 2.03. The number of benzene rings is 1. The molecule has 4 heterocycles. The van der Waals surface area contributed by atoms with Crippen LogP contribution in [0.4, 0.5) is 11.6 Å². The molecule has 1 saturated heterocycles. The van der Waals surface area contributed by atoms with E-state index in [1.807, 2.05) is 36.0 Å². The number of carbonyl (C=O) groups is 1. The number of aryl methyl sites for hydroxylation is 1. The average Bonchev–Trinajstić information content (AvgIpc) is 3.28. The molecule has 0 atom stereocenters. The molecule has 172 valence electrons. The highest BCUT2D eigenvalue weighted by Gasteiger charge is 2.39. The van der Waals surface area contributed by atoms with Gasteiger partial charge in [0.25, 0.3) is 5.91 Å². The van der Waals surface area contributed by atoms with Crippen LogP contribution in [0.25, 0.3) is 22.0 Å². The van der Waals surface area contributed by atoms with Crippen LogP contribution < -0.4 is 10.2 Å². The summed E-state index contributed by atoms with van der Waals surface area (Å²) in [7, 11) is 1.98. The number of aromatic nitrogens is 4. The van der Waals surface area contributed by atoms with Crippen molar-refractivity contribution in [1.82, 2.24) is 19.5 Å². The van der Waals surface area contributed by atoms with Crippen LogP contribution >= 0.6 is 0 Å². The second-order valence-electron chi connectivity index (χ2n) is 9.72. The predicted molar refractivity (Wildman–Crippen MR) is 134 cm³/mol. The third-order valence-corrected chi connectivity index (χ3v) is 7.65. The van der Waals surface area contributed by atoms with Crippen LogP contribution in [0.2, 0.25) is 0 Å². The molecular weight excluding hydrogens is 424 g/mol. The van der Waals surface area contributed by atoms with Gasteiger partial charge in [-0.25, -0.2) is 15.0 Å². The molecule has 4 aromatic rings. The molecule has 1 aromatic carbocycles. The van der Waals surface area contributed by atoms with E-state index in [-0.39, 0.29) is 5.91 Å². The second-order valence-corrected chi connectivity index (χ2v) is 9.72. The Balaban J connectivity index is 1.19. The zero-order valence-corrected chi connectivity index (χ0v) is 19.4. The van der Waals surface area contributed by atoms with Crippen LogP contribution in [0, 0.1) is 5.41 Å². The molecule has 1 spiro atoms. The van der Waals surface area contributed by atoms with Crippen molar-refractivity contribution >= 4 is 28.3 Å². The van der Waals surface area contributed by atoms with Crippen LogP contribution in [0.3, 0.4) is 0 Å². The van der Waals surface area contributed by atoms with Crippen molar-refractivity contribution in [2.45, 2.75) is 32.1 Å². The molecule has 1 aliphatic carbocycles. The summed E-state index contributed by atoms with van der Waals surface area (Å²) in [6, 6.07) is 11.8. The minimum absolute atomic E-state index is 0.175. The molecule has 0 unspecified atom stereocenters. The molecule has 1 amide bonds. The number of pyridine rings is 2. The Bertz CT molecular complexity index is 1360. The van der Waals surface area contributed by atoms with Gasteiger partial charge in [-0.05, 0) is 60.7 Å². The standard InChI is InChI=1S/C27H28N6O/c1-32-18-28-17-23(32)19-3-4-21-16-30-24(14-22(21)13-19)31-26(34)20-5-10-29-25(15-20)33-11-8-27(9-12-33)6-2-7-27/h3-5,10,13-18H,2,6-9,11-12H2,1H3,(H,30,31,34). The van der Waals surface area contributed by atoms with Crippen molar-refractivity contribution in [3.63, 3.8) is 0 Å². The molecule has 6 rings (SSSR count). The maximum absolute atomic E-state index is 13.0. The number of piperidine rings is 1. The van der Waals surface area contributed by atoms with Crippen molar-refractivity contribution < 1.29 is 4.79 Å². The van der Waals surface area contributed by atoms with Crippen molar-refractivity contribution in [3.05, 3.63) is 66.9 Å². The van der Waals surface area contributed by atoms with Gasteiger partial charge in [-0.1, -0.05) is 18.6 Å². The monoisotopic (exact) mass is 452 g/mol. The molecule has 0 bridgehead atoms. The lowest BCUT2D eigenvalue weighted by atomic mass is 9.63. The second kappa shape index (κ2) is 8.24. The predicted octanol–water partition coefficient (Wildman–Crippen LogP) is 5.05. The molecule has 1 saturated carbocycles. The Morgan fingerprint density at radius 3 is 2.56 bits per heavy atom. The Hall–Kier alpha value is -3.74. The van der Waals surface area contributed by atoms with Crippen LogP contribution in [0.5, 0.6) is 0 Å². The van der Waals surface area contributed by atoms with Gasteiger partial charge in [0.05, 0.1) is 18.2 Å². The van der Waals surface area contributed by atoms with Gasteiger partial charge in [0.1, 0.15) is 11.6 Å². The van der Waals surface area contributed by atoms with Crippen LogP contribution in [-0.4, -0.2) is 38.5 Å². The SMILES string of the molecule is Cn1cncc1-c1ccc2cnc(NC(=O)c3ccnc(N4CCC5(CCC5)CC4)c3)cc2c1. The Morgan fingerprint density at radius 2 is 1.82 bits per heavy atom. The number of amides is 1. The molecule has 7 heteroatoms. The third-order valence-electron chi connectivity index (χ3n) is 7.65. The first-order valence-corrected chi connectivity index (χ1v) is 12.0. The summed E-state index contributed by atoms with van der Waals surface area (Å²) in [5.74, 6) is 1.24. The summed E-state index contributed by atoms with van der Waals surface area (Å²) >= 11 is 0. The molecule has 0 radical (unpaired) electrons. The van der Waals surface area contributed by atoms with Gasteiger partial charge >= 0.3 is 0 Å². The lowest BCUT2D eigenvalue weighted by molar-refractivity contribution is 0.0952. The smallest absolute Gasteiger partial charge is 0.257 e. The maximum atomic E-state index is 13.0. The topological polar surface area (TPSA) is 75.9 Å². The minimum Gasteiger partial charge on any atom is -0.357 e. The first-order valence-electron chi connectivity index (χ1n) is 12.0. The number of anilines is 2. The van der Waals surface area contributed by atoms with Gasteiger partial charge in [-0.2, -0.15) is 0 Å². The Kier molecular flexibility index (Phi) is 5.05. The first kappa shape index (κ1) is 20.8. The van der Waals surface area contributed by atoms with E-state index >= 15 is 0 Å². The molecule has 1 aliphatic heterocycles. The van der Waals surface area contributed by atoms with Crippen LogP contribution in [0.15, 0.2) is 61.3 Å². The fourth-order valence-electron chi connectivity index (χ4n) is 5.31. The fourth-order valence-corrected chi connectivity index (χ4v) is 5.31. The van der Waals surface area contributed by atoms with Gasteiger partial charge in [0, 0.05) is 49.0 Å². The van der Waals surface area contributed by atoms with Gasteiger partial charge in [0.2, 0.25) is 0 Å². The largest absolute Gasteiger partial charge is 0.357 e. The number of hydrogen-bond donors (Lipinski definition) is 1. The zero-order chi connectivity index (χ0) is 23.1. The van der Waals surface area contributed by atoms with Crippen LogP contribution in [0.1, 0.15) is 42.5 Å². The summed E-state index contributed by atoms with van der Waals surface area (Å²) < 4.78 is 1.99. The fraction of sp³-hybridized carbons (Fsp3) is 0.333. The lowest BCUT2D eigenvalue weighted by Gasteiger charge is -2.48. The molecule has 3 aromatic heterocycles. The van der Waals surface area contributed by atoms with Gasteiger partial charge in [-0.3, -0.25) is 4.79 Å². The Labute approximate surface area is 198 Å². The van der Waals surface area contributed by atoms with E-state index in [0.717, 1.165) is 40.9 Å². The van der Waals surface area contributed by atoms with Gasteiger partial charge in [0.15, 0.2) is 0 Å². The third kappa shape index (κ3) is 3.81. The van der Waals surface area contributed by atoms with Gasteiger partial charge in [-0.15, -0.1) is 0 Å². The minimum atomic E-state index is -0.175. The van der Waals surface area contributed by atoms with E-state index < -0.39 is 0 Å². The van der Waals surface area contributed by atoms with Crippen molar-refractivity contribution in [1.29, 1.82) is 0 Å². The maximum Gasteiger partial charge on any atom is 0.257 e. The van der Waals surface area contributed by atoms with E-state index in [2.05, 4.69) is 37.3 Å². The van der Waals surface area contributed by atoms with E-state index in [0.29, 0.717) is 16.8 Å². The quantitative estimate of drug-likeness (QED) is 0.469. The lowest BCUT2D eigenvalue weighted by Crippen LogP contribution is -2.43. The van der Waals surface area contributed by atoms with Crippen LogP contribution in [-0.2, 0) is 7.05 Å². The highest BCUT2D eigenvalue weighted by Crippen LogP contribution is 2.49. The van der Waals surface area contributed by atoms with Crippen molar-refractivity contribution in [2.75, 3.05) is 23.3 Å². The number of rotatable bonds is 4. The van der Waals surface area contributed by atoms with E-state index in [4.69, 9.17) is 0 Å². The Morgan fingerprint density at radius 1 is 0.971 bits per heavy atom. The normalized spacial score (nSPS) is 17.0. The summed E-state index contributed by atoms with van der Waals surface area (Å²) in [5.41, 5.74) is 3.29. The number of fused-ring (bicyclic) bond motifs is 1.